The van der Waals surface area contributed by atoms with Crippen molar-refractivity contribution in [3.05, 3.63) is 30.4 Å². The van der Waals surface area contributed by atoms with E-state index in [2.05, 4.69) is 39.2 Å². The Bertz CT molecular complexity index is 809. The first-order valence-corrected chi connectivity index (χ1v) is 7.28. The van der Waals surface area contributed by atoms with Crippen LogP contribution in [0.25, 0.3) is 16.9 Å². The molecule has 7 nitrogen and oxygen atoms in total. The van der Waals surface area contributed by atoms with Crippen molar-refractivity contribution in [2.45, 2.75) is 33.2 Å². The van der Waals surface area contributed by atoms with Crippen LogP contribution in [0.1, 0.15) is 25.8 Å². The maximum absolute atomic E-state index is 6.06. The smallest absolute Gasteiger partial charge is 0.166 e. The number of hydrogen-bond acceptors (Lipinski definition) is 6. The molecule has 0 fully saturated rings. The molecule has 0 aliphatic rings. The summed E-state index contributed by atoms with van der Waals surface area (Å²) in [5, 5.41) is 7.64. The molecule has 0 aliphatic carbocycles. The van der Waals surface area contributed by atoms with Gasteiger partial charge < -0.3 is 11.1 Å². The third-order valence-electron chi connectivity index (χ3n) is 3.56. The van der Waals surface area contributed by atoms with Gasteiger partial charge in [0, 0.05) is 24.5 Å². The van der Waals surface area contributed by atoms with Crippen LogP contribution in [0.3, 0.4) is 0 Å². The van der Waals surface area contributed by atoms with Gasteiger partial charge in [0.05, 0.1) is 11.3 Å². The standard InChI is InChI=1S/C15H19N7/c1-4-10(3)20-12-5-11(18-8-19-12)13-14(16)21-22-7-9(2)6-17-15(13)22/h5-8,10H,4H2,1-3H3,(H2,16,21)(H,18,19,20)/t10-/m0/s1. The van der Waals surface area contributed by atoms with Crippen molar-refractivity contribution < 1.29 is 0 Å². The highest BCUT2D eigenvalue weighted by Crippen LogP contribution is 2.28. The van der Waals surface area contributed by atoms with Gasteiger partial charge in [0.1, 0.15) is 12.1 Å². The van der Waals surface area contributed by atoms with Crippen molar-refractivity contribution in [2.75, 3.05) is 11.1 Å². The minimum Gasteiger partial charge on any atom is -0.382 e. The first-order chi connectivity index (χ1) is 10.6. The lowest BCUT2D eigenvalue weighted by Crippen LogP contribution is -2.14. The van der Waals surface area contributed by atoms with Crippen LogP contribution in [-0.4, -0.2) is 30.6 Å². The summed E-state index contributed by atoms with van der Waals surface area (Å²) >= 11 is 0. The van der Waals surface area contributed by atoms with E-state index in [9.17, 15) is 0 Å². The number of anilines is 2. The summed E-state index contributed by atoms with van der Waals surface area (Å²) in [6.45, 7) is 6.19. The Morgan fingerprint density at radius 1 is 1.32 bits per heavy atom. The van der Waals surface area contributed by atoms with Gasteiger partial charge in [0.2, 0.25) is 0 Å². The number of nitrogens with zero attached hydrogens (tertiary/aromatic N) is 5. The summed E-state index contributed by atoms with van der Waals surface area (Å²) < 4.78 is 1.68. The number of hydrogen-bond donors (Lipinski definition) is 2. The van der Waals surface area contributed by atoms with Crippen LogP contribution in [0, 0.1) is 6.92 Å². The third kappa shape index (κ3) is 2.57. The molecule has 0 amide bonds. The summed E-state index contributed by atoms with van der Waals surface area (Å²) in [4.78, 5) is 13.0. The van der Waals surface area contributed by atoms with E-state index in [0.717, 1.165) is 23.4 Å². The van der Waals surface area contributed by atoms with Gasteiger partial charge in [-0.05, 0) is 25.8 Å². The van der Waals surface area contributed by atoms with Gasteiger partial charge in [-0.3, -0.25) is 0 Å². The van der Waals surface area contributed by atoms with Crippen molar-refractivity contribution in [1.29, 1.82) is 0 Å². The number of nitrogen functional groups attached to an aromatic ring is 1. The van der Waals surface area contributed by atoms with Crippen LogP contribution in [0.15, 0.2) is 24.8 Å². The molecule has 0 aromatic carbocycles. The van der Waals surface area contributed by atoms with Crippen molar-refractivity contribution in [2.24, 2.45) is 0 Å². The van der Waals surface area contributed by atoms with Crippen LogP contribution >= 0.6 is 0 Å². The average Bonchev–Trinajstić information content (AvgIpc) is 2.82. The molecule has 0 saturated carbocycles. The zero-order chi connectivity index (χ0) is 15.7. The Morgan fingerprint density at radius 2 is 2.14 bits per heavy atom. The molecule has 3 aromatic rings. The SMILES string of the molecule is CC[C@H](C)Nc1cc(-c2c(N)nn3cc(C)cnc23)ncn1. The number of rotatable bonds is 4. The predicted octanol–water partition coefficient (Wildman–Crippen LogP) is 2.29. The Labute approximate surface area is 128 Å². The lowest BCUT2D eigenvalue weighted by Gasteiger charge is -2.12. The highest BCUT2D eigenvalue weighted by Gasteiger charge is 2.16. The maximum Gasteiger partial charge on any atom is 0.166 e. The molecule has 0 spiro atoms. The van der Waals surface area contributed by atoms with Crippen molar-refractivity contribution in [3.8, 4) is 11.3 Å². The number of aromatic nitrogens is 5. The third-order valence-corrected chi connectivity index (χ3v) is 3.56. The molecule has 1 atom stereocenters. The van der Waals surface area contributed by atoms with Gasteiger partial charge >= 0.3 is 0 Å². The van der Waals surface area contributed by atoms with Gasteiger partial charge in [-0.2, -0.15) is 0 Å². The van der Waals surface area contributed by atoms with E-state index in [1.807, 2.05) is 19.2 Å². The Kier molecular flexibility index (Phi) is 3.62. The molecule has 3 heterocycles. The van der Waals surface area contributed by atoms with Crippen LogP contribution < -0.4 is 11.1 Å². The van der Waals surface area contributed by atoms with E-state index in [-0.39, 0.29) is 0 Å². The molecule has 0 radical (unpaired) electrons. The van der Waals surface area contributed by atoms with Crippen LogP contribution in [0.2, 0.25) is 0 Å². The summed E-state index contributed by atoms with van der Waals surface area (Å²) in [6.07, 6.45) is 6.22. The fraction of sp³-hybridized carbons (Fsp3) is 0.333. The van der Waals surface area contributed by atoms with E-state index in [1.54, 1.807) is 10.7 Å². The minimum absolute atomic E-state index is 0.338. The summed E-state index contributed by atoms with van der Waals surface area (Å²) in [5.74, 6) is 1.18. The Balaban J connectivity index is 2.07. The first-order valence-electron chi connectivity index (χ1n) is 7.28. The van der Waals surface area contributed by atoms with Gasteiger partial charge in [-0.1, -0.05) is 6.92 Å². The molecule has 0 unspecified atom stereocenters. The number of nitrogens with two attached hydrogens (primary N) is 1. The quantitative estimate of drug-likeness (QED) is 0.767. The van der Waals surface area contributed by atoms with E-state index in [4.69, 9.17) is 5.73 Å². The molecule has 22 heavy (non-hydrogen) atoms. The predicted molar refractivity (Wildman–Crippen MR) is 86.5 cm³/mol. The van der Waals surface area contributed by atoms with Gasteiger partial charge in [-0.25, -0.2) is 19.5 Å². The van der Waals surface area contributed by atoms with Crippen LogP contribution in [0.5, 0.6) is 0 Å². The second-order valence-electron chi connectivity index (χ2n) is 5.40. The monoisotopic (exact) mass is 297 g/mol. The molecular formula is C15H19N7. The molecule has 114 valence electrons. The number of fused-ring (bicyclic) bond motifs is 1. The first kappa shape index (κ1) is 14.2. The molecule has 0 aliphatic heterocycles. The van der Waals surface area contributed by atoms with Gasteiger partial charge in [-0.15, -0.1) is 5.10 Å². The van der Waals surface area contributed by atoms with Gasteiger partial charge in [0.15, 0.2) is 11.5 Å². The molecule has 0 bridgehead atoms. The molecule has 3 N–H and O–H groups in total. The summed E-state index contributed by atoms with van der Waals surface area (Å²) in [5.41, 5.74) is 9.21. The second-order valence-corrected chi connectivity index (χ2v) is 5.40. The van der Waals surface area contributed by atoms with Crippen molar-refractivity contribution in [1.82, 2.24) is 24.6 Å². The van der Waals surface area contributed by atoms with E-state index >= 15 is 0 Å². The molecular weight excluding hydrogens is 278 g/mol. The Morgan fingerprint density at radius 3 is 2.91 bits per heavy atom. The lowest BCUT2D eigenvalue weighted by atomic mass is 10.2. The van der Waals surface area contributed by atoms with Crippen LogP contribution in [0.4, 0.5) is 11.6 Å². The lowest BCUT2D eigenvalue weighted by molar-refractivity contribution is 0.758. The average molecular weight is 297 g/mol. The minimum atomic E-state index is 0.338. The van der Waals surface area contributed by atoms with Crippen LogP contribution in [-0.2, 0) is 0 Å². The van der Waals surface area contributed by atoms with E-state index in [0.29, 0.717) is 23.2 Å². The normalized spacial score (nSPS) is 12.5. The fourth-order valence-corrected chi connectivity index (χ4v) is 2.22. The molecule has 7 heteroatoms. The highest BCUT2D eigenvalue weighted by molar-refractivity contribution is 5.84. The van der Waals surface area contributed by atoms with Gasteiger partial charge in [0.25, 0.3) is 0 Å². The number of aryl methyl sites for hydroxylation is 1. The highest BCUT2D eigenvalue weighted by atomic mass is 15.3. The summed E-state index contributed by atoms with van der Waals surface area (Å²) in [7, 11) is 0. The Hall–Kier alpha value is -2.70. The molecule has 3 rings (SSSR count). The zero-order valence-electron chi connectivity index (χ0n) is 12.9. The topological polar surface area (TPSA) is 94.0 Å². The van der Waals surface area contributed by atoms with E-state index in [1.165, 1.54) is 6.33 Å². The summed E-state index contributed by atoms with van der Waals surface area (Å²) in [6, 6.07) is 2.21. The van der Waals surface area contributed by atoms with E-state index < -0.39 is 0 Å². The van der Waals surface area contributed by atoms with Crippen molar-refractivity contribution >= 4 is 17.3 Å². The largest absolute Gasteiger partial charge is 0.382 e. The van der Waals surface area contributed by atoms with Crippen molar-refractivity contribution in [3.63, 3.8) is 0 Å². The molecule has 0 saturated heterocycles. The fourth-order valence-electron chi connectivity index (χ4n) is 2.22. The second kappa shape index (κ2) is 5.59. The molecule has 3 aromatic heterocycles. The zero-order valence-corrected chi connectivity index (χ0v) is 12.9. The maximum atomic E-state index is 6.06. The number of nitrogens with one attached hydrogen (secondary N) is 1.